The number of amides is 5. The fourth-order valence-corrected chi connectivity index (χ4v) is 5.86. The lowest BCUT2D eigenvalue weighted by Gasteiger charge is -2.36. The van der Waals surface area contributed by atoms with Crippen LogP contribution in [0.3, 0.4) is 0 Å². The molecule has 0 spiro atoms. The number of nitrogens with two attached hydrogens (primary N) is 1. The van der Waals surface area contributed by atoms with Crippen molar-refractivity contribution >= 4 is 29.5 Å². The molecule has 7 atom stereocenters. The first-order chi connectivity index (χ1) is 17.8. The maximum Gasteiger partial charge on any atom is 0.471 e. The van der Waals surface area contributed by atoms with Gasteiger partial charge in [0.15, 0.2) is 0 Å². The van der Waals surface area contributed by atoms with Gasteiger partial charge in [0.2, 0.25) is 23.6 Å². The molecule has 1 aliphatic carbocycles. The molecule has 16 heteroatoms. The molecule has 3 rings (SSSR count). The third-order valence-electron chi connectivity index (χ3n) is 8.18. The Morgan fingerprint density at radius 2 is 1.74 bits per heavy atom. The topological polar surface area (TPSA) is 151 Å². The molecule has 0 aromatic carbocycles. The average molecular weight is 572 g/mol. The van der Waals surface area contributed by atoms with Crippen LogP contribution >= 0.6 is 0 Å². The molecule has 39 heavy (non-hydrogen) atoms. The quantitative estimate of drug-likeness (QED) is 0.299. The van der Waals surface area contributed by atoms with Crippen molar-refractivity contribution in [2.75, 3.05) is 13.1 Å². The van der Waals surface area contributed by atoms with E-state index in [0.717, 1.165) is 11.8 Å². The first-order valence-electron chi connectivity index (χ1n) is 12.4. The van der Waals surface area contributed by atoms with Gasteiger partial charge in [0.25, 0.3) is 0 Å². The SMILES string of the molecule is CCC(C(NC(=O)C(F)(F)F)C(=O)N1CC2C(C1C(=O)N[C@@H](C[C@@H]1CCNC1=O)C(N)=O)C2(C)C)C(F)(F)F. The molecule has 2 aliphatic heterocycles. The molecule has 2 heterocycles. The van der Waals surface area contributed by atoms with Crippen molar-refractivity contribution in [2.24, 2.45) is 34.8 Å². The lowest BCUT2D eigenvalue weighted by molar-refractivity contribution is -0.195. The van der Waals surface area contributed by atoms with Crippen LogP contribution in [0.5, 0.6) is 0 Å². The molecule has 0 bridgehead atoms. The van der Waals surface area contributed by atoms with Gasteiger partial charge in [-0.1, -0.05) is 20.8 Å². The summed E-state index contributed by atoms with van der Waals surface area (Å²) in [4.78, 5) is 63.1. The normalized spacial score (nSPS) is 28.1. The summed E-state index contributed by atoms with van der Waals surface area (Å²) in [6.07, 6.45) is -11.3. The number of carbonyl (C=O) groups is 5. The van der Waals surface area contributed by atoms with Gasteiger partial charge in [0, 0.05) is 19.0 Å². The van der Waals surface area contributed by atoms with Crippen molar-refractivity contribution in [3.05, 3.63) is 0 Å². The number of fused-ring (bicyclic) bond motifs is 1. The number of piperidine rings is 1. The molecule has 5 N–H and O–H groups in total. The van der Waals surface area contributed by atoms with Crippen LogP contribution in [0.4, 0.5) is 26.3 Å². The number of primary amides is 1. The average Bonchev–Trinajstić information content (AvgIpc) is 3.16. The van der Waals surface area contributed by atoms with Gasteiger partial charge in [0.1, 0.15) is 18.1 Å². The Balaban J connectivity index is 1.90. The van der Waals surface area contributed by atoms with Crippen molar-refractivity contribution in [1.29, 1.82) is 0 Å². The highest BCUT2D eigenvalue weighted by Crippen LogP contribution is 2.65. The highest BCUT2D eigenvalue weighted by atomic mass is 19.4. The Bertz CT molecular complexity index is 1030. The number of alkyl halides is 6. The standard InChI is InChI=1S/C23H31F6N5O5/c1-4-10(22(24,25)26)14(33-20(39)23(27,28)29)19(38)34-8-11-13(21(11,2)3)15(34)18(37)32-12(16(30)35)7-9-5-6-31-17(9)36/h9-15H,4-8H2,1-3H3,(H2,30,35)(H,31,36)(H,32,37)(H,33,39)/t9-,10?,11?,12-,13?,14?,15?/m0/s1. The third kappa shape index (κ3) is 6.08. The van der Waals surface area contributed by atoms with Gasteiger partial charge < -0.3 is 26.6 Å². The molecule has 1 saturated carbocycles. The monoisotopic (exact) mass is 571 g/mol. The maximum atomic E-state index is 13.7. The first kappa shape index (κ1) is 30.5. The van der Waals surface area contributed by atoms with Crippen LogP contribution in [0.25, 0.3) is 0 Å². The van der Waals surface area contributed by atoms with Crippen LogP contribution in [0, 0.1) is 29.1 Å². The van der Waals surface area contributed by atoms with E-state index >= 15 is 0 Å². The molecule has 0 aromatic rings. The smallest absolute Gasteiger partial charge is 0.368 e. The van der Waals surface area contributed by atoms with Crippen molar-refractivity contribution in [1.82, 2.24) is 20.9 Å². The minimum atomic E-state index is -5.56. The summed E-state index contributed by atoms with van der Waals surface area (Å²) in [5.41, 5.74) is 4.87. The Labute approximate surface area is 219 Å². The lowest BCUT2D eigenvalue weighted by atomic mass is 9.92. The number of likely N-dealkylation sites (tertiary alicyclic amines) is 1. The van der Waals surface area contributed by atoms with Gasteiger partial charge in [-0.05, 0) is 36.5 Å². The van der Waals surface area contributed by atoms with E-state index in [1.165, 1.54) is 5.32 Å². The van der Waals surface area contributed by atoms with E-state index in [4.69, 9.17) is 5.73 Å². The van der Waals surface area contributed by atoms with Gasteiger partial charge in [-0.15, -0.1) is 0 Å². The molecule has 220 valence electrons. The Hall–Kier alpha value is -3.07. The number of hydrogen-bond donors (Lipinski definition) is 4. The van der Waals surface area contributed by atoms with Crippen molar-refractivity contribution in [3.63, 3.8) is 0 Å². The summed E-state index contributed by atoms with van der Waals surface area (Å²) in [5, 5.41) is 6.15. The molecule has 5 amide bonds. The van der Waals surface area contributed by atoms with Crippen molar-refractivity contribution < 1.29 is 50.3 Å². The predicted molar refractivity (Wildman–Crippen MR) is 121 cm³/mol. The summed E-state index contributed by atoms with van der Waals surface area (Å²) in [6, 6.07) is -5.43. The van der Waals surface area contributed by atoms with Crippen molar-refractivity contribution in [2.45, 2.75) is 70.5 Å². The highest BCUT2D eigenvalue weighted by Gasteiger charge is 2.70. The van der Waals surface area contributed by atoms with E-state index < -0.39 is 83.7 Å². The molecule has 5 unspecified atom stereocenters. The fourth-order valence-electron chi connectivity index (χ4n) is 5.86. The number of nitrogens with zero attached hydrogens (tertiary/aromatic N) is 1. The number of rotatable bonds is 9. The zero-order chi connectivity index (χ0) is 29.7. The predicted octanol–water partition coefficient (Wildman–Crippen LogP) is 0.601. The molecule has 3 aliphatic rings. The largest absolute Gasteiger partial charge is 0.471 e. The van der Waals surface area contributed by atoms with E-state index in [9.17, 15) is 50.3 Å². The van der Waals surface area contributed by atoms with E-state index in [0.29, 0.717) is 13.0 Å². The first-order valence-corrected chi connectivity index (χ1v) is 12.4. The number of halogens is 6. The minimum Gasteiger partial charge on any atom is -0.368 e. The molecule has 0 aromatic heterocycles. The molecule has 2 saturated heterocycles. The molecule has 10 nitrogen and oxygen atoms in total. The summed E-state index contributed by atoms with van der Waals surface area (Å²) < 4.78 is 80.1. The zero-order valence-corrected chi connectivity index (χ0v) is 21.4. The van der Waals surface area contributed by atoms with Crippen LogP contribution in [0.1, 0.15) is 40.0 Å². The molecular formula is C23H31F6N5O5. The van der Waals surface area contributed by atoms with E-state index in [-0.39, 0.29) is 24.8 Å². The van der Waals surface area contributed by atoms with E-state index in [2.05, 4.69) is 10.6 Å². The van der Waals surface area contributed by atoms with Crippen LogP contribution < -0.4 is 21.7 Å². The molecule has 0 radical (unpaired) electrons. The maximum absolute atomic E-state index is 13.7. The van der Waals surface area contributed by atoms with E-state index in [1.54, 1.807) is 13.8 Å². The van der Waals surface area contributed by atoms with Crippen LogP contribution in [0.15, 0.2) is 0 Å². The second-order valence-electron chi connectivity index (χ2n) is 10.9. The number of carbonyl (C=O) groups excluding carboxylic acids is 5. The fraction of sp³-hybridized carbons (Fsp3) is 0.783. The van der Waals surface area contributed by atoms with Gasteiger partial charge in [-0.2, -0.15) is 26.3 Å². The van der Waals surface area contributed by atoms with Gasteiger partial charge in [-0.25, -0.2) is 0 Å². The van der Waals surface area contributed by atoms with Crippen LogP contribution in [-0.2, 0) is 24.0 Å². The molecular weight excluding hydrogens is 540 g/mol. The Kier molecular flexibility index (Phi) is 8.19. The van der Waals surface area contributed by atoms with Gasteiger partial charge in [0.05, 0.1) is 5.92 Å². The van der Waals surface area contributed by atoms with Crippen LogP contribution in [-0.4, -0.2) is 78.0 Å². The Morgan fingerprint density at radius 3 is 2.21 bits per heavy atom. The number of nitrogens with one attached hydrogen (secondary N) is 3. The second-order valence-corrected chi connectivity index (χ2v) is 10.9. The van der Waals surface area contributed by atoms with Gasteiger partial charge in [-0.3, -0.25) is 24.0 Å². The number of hydrogen-bond acceptors (Lipinski definition) is 5. The zero-order valence-electron chi connectivity index (χ0n) is 21.4. The summed E-state index contributed by atoms with van der Waals surface area (Å²) >= 11 is 0. The van der Waals surface area contributed by atoms with E-state index in [1.807, 2.05) is 0 Å². The summed E-state index contributed by atoms with van der Waals surface area (Å²) in [5.74, 6) is -10.7. The van der Waals surface area contributed by atoms with Crippen LogP contribution in [0.2, 0.25) is 0 Å². The molecule has 3 fully saturated rings. The van der Waals surface area contributed by atoms with Crippen molar-refractivity contribution in [3.8, 4) is 0 Å². The highest BCUT2D eigenvalue weighted by molar-refractivity contribution is 5.96. The summed E-state index contributed by atoms with van der Waals surface area (Å²) in [7, 11) is 0. The second kappa shape index (κ2) is 10.5. The third-order valence-corrected chi connectivity index (χ3v) is 8.18. The van der Waals surface area contributed by atoms with Gasteiger partial charge >= 0.3 is 18.3 Å². The minimum absolute atomic E-state index is 0.151. The lowest BCUT2D eigenvalue weighted by Crippen LogP contribution is -2.61. The Morgan fingerprint density at radius 1 is 1.13 bits per heavy atom. The summed E-state index contributed by atoms with van der Waals surface area (Å²) in [6.45, 7) is 4.63.